The van der Waals surface area contributed by atoms with Gasteiger partial charge in [0.05, 0.1) is 16.9 Å². The van der Waals surface area contributed by atoms with E-state index >= 15 is 0 Å². The van der Waals surface area contributed by atoms with Crippen LogP contribution in [0.5, 0.6) is 5.75 Å². The molecule has 1 aromatic heterocycles. The maximum Gasteiger partial charge on any atom is 0.271 e. The van der Waals surface area contributed by atoms with Crippen LogP contribution < -0.4 is 10.2 Å². The molecule has 5 nitrogen and oxygen atoms in total. The molecule has 1 N–H and O–H groups in total. The molecule has 3 aromatic rings. The predicted octanol–water partition coefficient (Wildman–Crippen LogP) is 4.98. The van der Waals surface area contributed by atoms with Crippen molar-refractivity contribution in [3.8, 4) is 17.1 Å². The fraction of sp³-hybridized carbons (Fsp3) is 0.0526. The molecule has 0 bridgehead atoms. The normalized spacial score (nSPS) is 10.9. The molecule has 0 spiro atoms. The number of methoxy groups -OCH3 is 1. The number of hydrogen-bond acceptors (Lipinski definition) is 4. The Labute approximate surface area is 169 Å². The van der Waals surface area contributed by atoms with Crippen LogP contribution in [0.2, 0.25) is 5.02 Å². The number of ether oxygens (including phenoxy) is 1. The summed E-state index contributed by atoms with van der Waals surface area (Å²) in [7, 11) is 1.56. The largest absolute Gasteiger partial charge is 0.496 e. The SMILES string of the molecule is COc1cc(C(=O)N/N=C\c2ccc(-c3ccc(Cl)cc3)o2)ccc1I. The topological polar surface area (TPSA) is 63.8 Å². The summed E-state index contributed by atoms with van der Waals surface area (Å²) >= 11 is 8.02. The number of furan rings is 1. The third-order valence-corrected chi connectivity index (χ3v) is 4.67. The van der Waals surface area contributed by atoms with Gasteiger partial charge in [-0.2, -0.15) is 5.10 Å². The molecule has 0 atom stereocenters. The summed E-state index contributed by atoms with van der Waals surface area (Å²) < 4.78 is 11.8. The number of carbonyl (C=O) groups is 1. The van der Waals surface area contributed by atoms with Crippen molar-refractivity contribution in [3.05, 3.63) is 74.5 Å². The number of nitrogens with zero attached hydrogens (tertiary/aromatic N) is 1. The lowest BCUT2D eigenvalue weighted by molar-refractivity contribution is 0.0954. The van der Waals surface area contributed by atoms with E-state index < -0.39 is 0 Å². The Morgan fingerprint density at radius 3 is 2.69 bits per heavy atom. The molecule has 0 saturated carbocycles. The second kappa shape index (κ2) is 8.37. The van der Waals surface area contributed by atoms with Crippen molar-refractivity contribution in [1.29, 1.82) is 0 Å². The first kappa shape index (κ1) is 18.5. The highest BCUT2D eigenvalue weighted by atomic mass is 127. The number of amides is 1. The van der Waals surface area contributed by atoms with Gasteiger partial charge >= 0.3 is 0 Å². The number of nitrogens with one attached hydrogen (secondary N) is 1. The van der Waals surface area contributed by atoms with E-state index in [-0.39, 0.29) is 5.91 Å². The van der Waals surface area contributed by atoms with Gasteiger partial charge in [-0.25, -0.2) is 5.43 Å². The molecule has 0 unspecified atom stereocenters. The van der Waals surface area contributed by atoms with Crippen LogP contribution in [0.3, 0.4) is 0 Å². The van der Waals surface area contributed by atoms with Crippen molar-refractivity contribution in [2.45, 2.75) is 0 Å². The van der Waals surface area contributed by atoms with Gasteiger partial charge in [0.2, 0.25) is 0 Å². The molecule has 26 heavy (non-hydrogen) atoms. The molecule has 132 valence electrons. The van der Waals surface area contributed by atoms with Crippen LogP contribution in [0.1, 0.15) is 16.1 Å². The first-order valence-electron chi connectivity index (χ1n) is 7.59. The van der Waals surface area contributed by atoms with E-state index in [2.05, 4.69) is 33.1 Å². The Morgan fingerprint density at radius 1 is 1.19 bits per heavy atom. The number of carbonyl (C=O) groups excluding carboxylic acids is 1. The number of rotatable bonds is 5. The van der Waals surface area contributed by atoms with Crippen LogP contribution >= 0.6 is 34.2 Å². The molecule has 0 aliphatic heterocycles. The summed E-state index contributed by atoms with van der Waals surface area (Å²) in [5.41, 5.74) is 3.84. The maximum atomic E-state index is 12.1. The van der Waals surface area contributed by atoms with Crippen molar-refractivity contribution in [1.82, 2.24) is 5.43 Å². The highest BCUT2D eigenvalue weighted by Gasteiger charge is 2.08. The maximum absolute atomic E-state index is 12.1. The van der Waals surface area contributed by atoms with Crippen LogP contribution in [-0.2, 0) is 0 Å². The quantitative estimate of drug-likeness (QED) is 0.318. The van der Waals surface area contributed by atoms with Gasteiger partial charge in [0.25, 0.3) is 5.91 Å². The molecule has 0 aliphatic carbocycles. The predicted molar refractivity (Wildman–Crippen MR) is 110 cm³/mol. The zero-order valence-corrected chi connectivity index (χ0v) is 16.6. The molecule has 7 heteroatoms. The summed E-state index contributed by atoms with van der Waals surface area (Å²) in [4.78, 5) is 12.1. The Kier molecular flexibility index (Phi) is 5.95. The second-order valence-electron chi connectivity index (χ2n) is 5.26. The molecule has 0 saturated heterocycles. The minimum absolute atomic E-state index is 0.333. The minimum Gasteiger partial charge on any atom is -0.496 e. The molecule has 2 aromatic carbocycles. The summed E-state index contributed by atoms with van der Waals surface area (Å²) in [6.07, 6.45) is 1.45. The van der Waals surface area contributed by atoms with Crippen molar-refractivity contribution >= 4 is 46.3 Å². The summed E-state index contributed by atoms with van der Waals surface area (Å²) in [5.74, 6) is 1.52. The van der Waals surface area contributed by atoms with Crippen molar-refractivity contribution in [2.75, 3.05) is 7.11 Å². The van der Waals surface area contributed by atoms with Gasteiger partial charge in [-0.3, -0.25) is 4.79 Å². The summed E-state index contributed by atoms with van der Waals surface area (Å²) in [6, 6.07) is 16.1. The van der Waals surface area contributed by atoms with Crippen LogP contribution in [0.25, 0.3) is 11.3 Å². The lowest BCUT2D eigenvalue weighted by Crippen LogP contribution is -2.17. The third-order valence-electron chi connectivity index (χ3n) is 3.53. The lowest BCUT2D eigenvalue weighted by atomic mass is 10.2. The number of hydrogen-bond donors (Lipinski definition) is 1. The van der Waals surface area contributed by atoms with Gasteiger partial charge in [-0.15, -0.1) is 0 Å². The molecule has 3 rings (SSSR count). The average Bonchev–Trinajstić information content (AvgIpc) is 3.11. The molecule has 1 amide bonds. The summed E-state index contributed by atoms with van der Waals surface area (Å²) in [6.45, 7) is 0. The van der Waals surface area contributed by atoms with Gasteiger partial charge in [0.15, 0.2) is 0 Å². The van der Waals surface area contributed by atoms with Crippen LogP contribution in [0.15, 0.2) is 64.1 Å². The fourth-order valence-electron chi connectivity index (χ4n) is 2.21. The Bertz CT molecular complexity index is 952. The van der Waals surface area contributed by atoms with Gasteiger partial charge in [-0.1, -0.05) is 11.6 Å². The van der Waals surface area contributed by atoms with Crippen LogP contribution in [-0.4, -0.2) is 19.2 Å². The Balaban J connectivity index is 1.65. The molecule has 0 fully saturated rings. The fourth-order valence-corrected chi connectivity index (χ4v) is 2.89. The van der Waals surface area contributed by atoms with Crippen molar-refractivity contribution in [3.63, 3.8) is 0 Å². The molecular formula is C19H14ClIN2O3. The van der Waals surface area contributed by atoms with E-state index in [9.17, 15) is 4.79 Å². The van der Waals surface area contributed by atoms with E-state index in [4.69, 9.17) is 20.8 Å². The molecule has 1 heterocycles. The van der Waals surface area contributed by atoms with Gasteiger partial charge < -0.3 is 9.15 Å². The lowest BCUT2D eigenvalue weighted by Gasteiger charge is -2.05. The average molecular weight is 481 g/mol. The van der Waals surface area contributed by atoms with Crippen LogP contribution in [0, 0.1) is 3.57 Å². The van der Waals surface area contributed by atoms with Crippen molar-refractivity contribution < 1.29 is 13.9 Å². The van der Waals surface area contributed by atoms with Crippen LogP contribution in [0.4, 0.5) is 0 Å². The van der Waals surface area contributed by atoms with Gasteiger partial charge in [-0.05, 0) is 77.2 Å². The smallest absolute Gasteiger partial charge is 0.271 e. The van der Waals surface area contributed by atoms with E-state index in [0.717, 1.165) is 9.13 Å². The Morgan fingerprint density at radius 2 is 1.96 bits per heavy atom. The van der Waals surface area contributed by atoms with E-state index in [0.29, 0.717) is 27.9 Å². The Hall–Kier alpha value is -2.32. The summed E-state index contributed by atoms with van der Waals surface area (Å²) in [5, 5.41) is 4.60. The van der Waals surface area contributed by atoms with E-state index in [1.807, 2.05) is 24.3 Å². The third kappa shape index (κ3) is 4.44. The standard InChI is InChI=1S/C19H14ClIN2O3/c1-25-18-10-13(4-8-16(18)21)19(24)23-22-11-15-7-9-17(26-15)12-2-5-14(20)6-3-12/h2-11H,1H3,(H,23,24)/b22-11-. The monoisotopic (exact) mass is 480 g/mol. The zero-order valence-electron chi connectivity index (χ0n) is 13.7. The second-order valence-corrected chi connectivity index (χ2v) is 6.86. The highest BCUT2D eigenvalue weighted by Crippen LogP contribution is 2.23. The van der Waals surface area contributed by atoms with E-state index in [1.54, 1.807) is 37.4 Å². The minimum atomic E-state index is -0.333. The molecular weight excluding hydrogens is 467 g/mol. The van der Waals surface area contributed by atoms with Gasteiger partial charge in [0, 0.05) is 16.1 Å². The molecule has 0 aliphatic rings. The highest BCUT2D eigenvalue weighted by molar-refractivity contribution is 14.1. The van der Waals surface area contributed by atoms with Gasteiger partial charge in [0.1, 0.15) is 17.3 Å². The zero-order chi connectivity index (χ0) is 18.5. The van der Waals surface area contributed by atoms with E-state index in [1.165, 1.54) is 6.21 Å². The number of benzene rings is 2. The number of halogens is 2. The van der Waals surface area contributed by atoms with Crippen molar-refractivity contribution in [2.24, 2.45) is 5.10 Å². The molecule has 0 radical (unpaired) electrons. The first-order chi connectivity index (χ1) is 12.6. The number of hydrazone groups is 1. The first-order valence-corrected chi connectivity index (χ1v) is 9.05.